The van der Waals surface area contributed by atoms with Crippen LogP contribution >= 0.6 is 0 Å². The van der Waals surface area contributed by atoms with Crippen LogP contribution in [0.25, 0.3) is 0 Å². The minimum atomic E-state index is -0.683. The number of benzene rings is 2. The van der Waals surface area contributed by atoms with Gasteiger partial charge in [0, 0.05) is 38.3 Å². The van der Waals surface area contributed by atoms with Crippen molar-refractivity contribution in [1.29, 1.82) is 0 Å². The lowest BCUT2D eigenvalue weighted by atomic mass is 10.1. The average molecular weight is 549 g/mol. The van der Waals surface area contributed by atoms with Crippen molar-refractivity contribution in [3.05, 3.63) is 69.3 Å². The zero-order valence-electron chi connectivity index (χ0n) is 21.9. The predicted molar refractivity (Wildman–Crippen MR) is 146 cm³/mol. The molecular weight excluding hydrogens is 520 g/mol. The number of carbonyl (C=O) groups is 1. The number of aryl methyl sites for hydroxylation is 1. The molecular formula is C26H28N8O6. The summed E-state index contributed by atoms with van der Waals surface area (Å²) in [7, 11) is 0. The van der Waals surface area contributed by atoms with Crippen LogP contribution in [-0.4, -0.2) is 84.7 Å². The summed E-state index contributed by atoms with van der Waals surface area (Å²) in [6.07, 6.45) is 1.59. The molecule has 1 N–H and O–H groups in total. The molecule has 40 heavy (non-hydrogen) atoms. The largest absolute Gasteiger partial charge is 0.423 e. The number of nitrogens with one attached hydrogen (secondary N) is 1. The lowest BCUT2D eigenvalue weighted by Gasteiger charge is -2.30. The smallest absolute Gasteiger partial charge is 0.343 e. The van der Waals surface area contributed by atoms with Crippen LogP contribution in [0, 0.1) is 17.0 Å². The number of non-ortho nitro benzene ring substituents is 1. The van der Waals surface area contributed by atoms with Gasteiger partial charge in [-0.05, 0) is 48.4 Å². The lowest BCUT2D eigenvalue weighted by molar-refractivity contribution is -0.384. The molecule has 2 aliphatic heterocycles. The van der Waals surface area contributed by atoms with Crippen molar-refractivity contribution in [3.8, 4) is 5.75 Å². The third-order valence-corrected chi connectivity index (χ3v) is 6.18. The van der Waals surface area contributed by atoms with Crippen molar-refractivity contribution in [1.82, 2.24) is 15.0 Å². The van der Waals surface area contributed by atoms with E-state index < -0.39 is 10.9 Å². The maximum absolute atomic E-state index is 12.5. The fourth-order valence-electron chi connectivity index (χ4n) is 4.15. The molecule has 0 amide bonds. The number of hydrogen-bond donors (Lipinski definition) is 1. The molecule has 0 aliphatic carbocycles. The molecule has 2 saturated heterocycles. The molecule has 3 aromatic rings. The number of morpholine rings is 2. The molecule has 3 heterocycles. The van der Waals surface area contributed by atoms with Crippen molar-refractivity contribution < 1.29 is 23.9 Å². The van der Waals surface area contributed by atoms with Crippen LogP contribution in [0.5, 0.6) is 5.75 Å². The Hall–Kier alpha value is -4.69. The van der Waals surface area contributed by atoms with Crippen molar-refractivity contribution in [3.63, 3.8) is 0 Å². The van der Waals surface area contributed by atoms with Gasteiger partial charge in [0.2, 0.25) is 17.8 Å². The Bertz CT molecular complexity index is 1350. The van der Waals surface area contributed by atoms with E-state index in [-0.39, 0.29) is 11.3 Å². The van der Waals surface area contributed by atoms with Gasteiger partial charge in [0.1, 0.15) is 5.75 Å². The number of rotatable bonds is 8. The van der Waals surface area contributed by atoms with Gasteiger partial charge in [0.25, 0.3) is 5.69 Å². The van der Waals surface area contributed by atoms with Crippen LogP contribution < -0.4 is 20.0 Å². The van der Waals surface area contributed by atoms with Crippen LogP contribution in [0.4, 0.5) is 23.5 Å². The molecule has 2 fully saturated rings. The number of aromatic nitrogens is 3. The average Bonchev–Trinajstić information content (AvgIpc) is 2.98. The summed E-state index contributed by atoms with van der Waals surface area (Å²) >= 11 is 0. The summed E-state index contributed by atoms with van der Waals surface area (Å²) in [6.45, 7) is 6.85. The zero-order valence-corrected chi connectivity index (χ0v) is 21.9. The van der Waals surface area contributed by atoms with Gasteiger partial charge in [0.15, 0.2) is 0 Å². The summed E-state index contributed by atoms with van der Waals surface area (Å²) in [5, 5.41) is 15.4. The van der Waals surface area contributed by atoms with Crippen molar-refractivity contribution >= 4 is 35.7 Å². The van der Waals surface area contributed by atoms with Crippen LogP contribution in [0.3, 0.4) is 0 Å². The molecule has 2 aliphatic rings. The summed E-state index contributed by atoms with van der Waals surface area (Å²) in [6, 6.07) is 10.8. The summed E-state index contributed by atoms with van der Waals surface area (Å²) in [5.41, 5.74) is 4.15. The number of hydrazone groups is 1. The van der Waals surface area contributed by atoms with Crippen molar-refractivity contribution in [2.45, 2.75) is 6.92 Å². The van der Waals surface area contributed by atoms with Gasteiger partial charge in [-0.3, -0.25) is 10.1 Å². The molecule has 0 saturated carbocycles. The Morgan fingerprint density at radius 1 is 0.975 bits per heavy atom. The van der Waals surface area contributed by atoms with E-state index in [4.69, 9.17) is 14.2 Å². The standard InChI is InChI=1S/C26H28N8O6/c1-18-14-20(16-21(15-18)34(36)37)23(35)40-22-4-2-19(3-5-22)17-27-31-24-28-25(32-6-10-38-11-7-32)30-26(29-24)33-8-12-39-13-9-33/h2-5,14-17H,6-13H2,1H3,(H,28,29,30,31)/b27-17+. The van der Waals surface area contributed by atoms with Gasteiger partial charge in [0.05, 0.1) is 43.1 Å². The van der Waals surface area contributed by atoms with E-state index >= 15 is 0 Å². The van der Waals surface area contributed by atoms with E-state index in [1.54, 1.807) is 37.4 Å². The minimum Gasteiger partial charge on any atom is -0.423 e. The Balaban J connectivity index is 1.25. The number of anilines is 3. The highest BCUT2D eigenvalue weighted by molar-refractivity contribution is 5.92. The maximum atomic E-state index is 12.5. The monoisotopic (exact) mass is 548 g/mol. The van der Waals surface area contributed by atoms with E-state index in [1.165, 1.54) is 18.2 Å². The van der Waals surface area contributed by atoms with Crippen molar-refractivity contribution in [2.24, 2.45) is 5.10 Å². The predicted octanol–water partition coefficient (Wildman–Crippen LogP) is 2.43. The number of nitro benzene ring substituents is 1. The summed E-state index contributed by atoms with van der Waals surface area (Å²) in [5.74, 6) is 1.04. The minimum absolute atomic E-state index is 0.104. The Labute approximate surface area is 229 Å². The van der Waals surface area contributed by atoms with E-state index in [9.17, 15) is 14.9 Å². The molecule has 0 bridgehead atoms. The molecule has 1 aromatic heterocycles. The number of carbonyl (C=O) groups excluding carboxylic acids is 1. The molecule has 2 aromatic carbocycles. The second kappa shape index (κ2) is 12.4. The first-order chi connectivity index (χ1) is 19.4. The molecule has 0 radical (unpaired) electrons. The topological polar surface area (TPSA) is 157 Å². The number of esters is 1. The maximum Gasteiger partial charge on any atom is 0.343 e. The first kappa shape index (κ1) is 26.9. The Morgan fingerprint density at radius 3 is 2.15 bits per heavy atom. The molecule has 14 heteroatoms. The van der Waals surface area contributed by atoms with E-state index in [1.807, 2.05) is 0 Å². The van der Waals surface area contributed by atoms with Crippen LogP contribution in [0.1, 0.15) is 21.5 Å². The molecule has 14 nitrogen and oxygen atoms in total. The number of hydrogen-bond acceptors (Lipinski definition) is 13. The quantitative estimate of drug-likeness (QED) is 0.144. The van der Waals surface area contributed by atoms with E-state index in [0.29, 0.717) is 81.8 Å². The highest BCUT2D eigenvalue weighted by atomic mass is 16.6. The van der Waals surface area contributed by atoms with E-state index in [2.05, 4.69) is 35.3 Å². The van der Waals surface area contributed by atoms with Crippen molar-refractivity contribution in [2.75, 3.05) is 67.8 Å². The lowest BCUT2D eigenvalue weighted by Crippen LogP contribution is -2.40. The van der Waals surface area contributed by atoms with Gasteiger partial charge in [-0.15, -0.1) is 0 Å². The van der Waals surface area contributed by atoms with Gasteiger partial charge < -0.3 is 24.0 Å². The van der Waals surface area contributed by atoms with Crippen LogP contribution in [-0.2, 0) is 9.47 Å². The summed E-state index contributed by atoms with van der Waals surface area (Å²) < 4.78 is 16.3. The number of nitrogens with zero attached hydrogens (tertiary/aromatic N) is 7. The molecule has 208 valence electrons. The van der Waals surface area contributed by atoms with Crippen LogP contribution in [0.15, 0.2) is 47.6 Å². The molecule has 0 spiro atoms. The second-order valence-electron chi connectivity index (χ2n) is 9.10. The third kappa shape index (κ3) is 6.84. The van der Waals surface area contributed by atoms with Gasteiger partial charge in [-0.25, -0.2) is 10.2 Å². The highest BCUT2D eigenvalue weighted by Crippen LogP contribution is 2.21. The fourth-order valence-corrected chi connectivity index (χ4v) is 4.15. The second-order valence-corrected chi connectivity index (χ2v) is 9.10. The first-order valence-electron chi connectivity index (χ1n) is 12.7. The fraction of sp³-hybridized carbons (Fsp3) is 0.346. The Kier molecular flexibility index (Phi) is 8.37. The molecule has 5 rings (SSSR count). The van der Waals surface area contributed by atoms with Gasteiger partial charge in [-0.2, -0.15) is 20.1 Å². The SMILES string of the molecule is Cc1cc(C(=O)Oc2ccc(/C=N/Nc3nc(N4CCOCC4)nc(N4CCOCC4)n3)cc2)cc([N+](=O)[O-])c1. The number of ether oxygens (including phenoxy) is 3. The number of nitro groups is 1. The van der Waals surface area contributed by atoms with Gasteiger partial charge >= 0.3 is 5.97 Å². The highest BCUT2D eigenvalue weighted by Gasteiger charge is 2.21. The van der Waals surface area contributed by atoms with E-state index in [0.717, 1.165) is 5.56 Å². The zero-order chi connectivity index (χ0) is 27.9. The van der Waals surface area contributed by atoms with Gasteiger partial charge in [-0.1, -0.05) is 0 Å². The normalized spacial score (nSPS) is 15.7. The van der Waals surface area contributed by atoms with Crippen LogP contribution in [0.2, 0.25) is 0 Å². The summed E-state index contributed by atoms with van der Waals surface area (Å²) in [4.78, 5) is 40.9. The molecule has 0 atom stereocenters. The molecule has 0 unspecified atom stereocenters. The first-order valence-corrected chi connectivity index (χ1v) is 12.7. The third-order valence-electron chi connectivity index (χ3n) is 6.18. The Morgan fingerprint density at radius 2 is 1.57 bits per heavy atom.